The lowest BCUT2D eigenvalue weighted by atomic mass is 10.0. The molecule has 1 aromatic heterocycles. The normalized spacial score (nSPS) is 18.7. The van der Waals surface area contributed by atoms with Gasteiger partial charge in [0.25, 0.3) is 0 Å². The topological polar surface area (TPSA) is 55.1 Å². The Morgan fingerprint density at radius 1 is 1.53 bits per heavy atom. The predicted octanol–water partition coefficient (Wildman–Crippen LogP) is 2.44. The van der Waals surface area contributed by atoms with Gasteiger partial charge in [-0.2, -0.15) is 0 Å². The highest BCUT2D eigenvalue weighted by molar-refractivity contribution is 5.76. The Bertz CT molecular complexity index is 433. The van der Waals surface area contributed by atoms with E-state index in [1.807, 2.05) is 7.05 Å². The number of fused-ring (bicyclic) bond motifs is 1. The van der Waals surface area contributed by atoms with Gasteiger partial charge in [0, 0.05) is 18.7 Å². The zero-order valence-electron chi connectivity index (χ0n) is 10.7. The third-order valence-electron chi connectivity index (χ3n) is 3.93. The van der Waals surface area contributed by atoms with E-state index >= 15 is 0 Å². The molecule has 1 N–H and O–H groups in total. The number of rotatable bonds is 4. The molecule has 0 aromatic carbocycles. The fraction of sp³-hybridized carbons (Fsp3) is 0.692. The maximum Gasteiger partial charge on any atom is 0.312 e. The van der Waals surface area contributed by atoms with Crippen molar-refractivity contribution in [2.75, 3.05) is 0 Å². The van der Waals surface area contributed by atoms with Gasteiger partial charge in [0.2, 0.25) is 0 Å². The van der Waals surface area contributed by atoms with Crippen molar-refractivity contribution in [3.05, 3.63) is 17.2 Å². The molecule has 1 unspecified atom stereocenters. The van der Waals surface area contributed by atoms with Crippen LogP contribution in [0.2, 0.25) is 0 Å². The van der Waals surface area contributed by atoms with Gasteiger partial charge in [0.1, 0.15) is 11.7 Å². The summed E-state index contributed by atoms with van der Waals surface area (Å²) in [5, 5.41) is 9.16. The molecule has 1 heterocycles. The molecule has 17 heavy (non-hydrogen) atoms. The number of carboxylic acid groups (broad SMARTS) is 1. The summed E-state index contributed by atoms with van der Waals surface area (Å²) in [5.41, 5.74) is 1.93. The number of aromatic nitrogens is 2. The van der Waals surface area contributed by atoms with Gasteiger partial charge in [-0.3, -0.25) is 4.79 Å². The van der Waals surface area contributed by atoms with Crippen molar-refractivity contribution in [1.82, 2.24) is 9.55 Å². The molecule has 0 saturated carbocycles. The predicted molar refractivity (Wildman–Crippen MR) is 65.2 cm³/mol. The van der Waals surface area contributed by atoms with Crippen molar-refractivity contribution in [3.8, 4) is 0 Å². The van der Waals surface area contributed by atoms with E-state index in [2.05, 4.69) is 23.4 Å². The molecule has 0 aliphatic heterocycles. The number of imidazole rings is 1. The summed E-state index contributed by atoms with van der Waals surface area (Å²) in [7, 11) is 2.02. The molecule has 0 bridgehead atoms. The van der Waals surface area contributed by atoms with Crippen LogP contribution in [0.3, 0.4) is 0 Å². The molecule has 1 atom stereocenters. The quantitative estimate of drug-likeness (QED) is 0.873. The fourth-order valence-corrected chi connectivity index (χ4v) is 2.83. The van der Waals surface area contributed by atoms with E-state index < -0.39 is 5.97 Å². The molecule has 0 spiro atoms. The number of carboxylic acids is 1. The van der Waals surface area contributed by atoms with Crippen LogP contribution in [-0.4, -0.2) is 20.6 Å². The summed E-state index contributed by atoms with van der Waals surface area (Å²) in [5.74, 6) is 0.378. The van der Waals surface area contributed by atoms with Crippen LogP contribution in [-0.2, 0) is 18.3 Å². The van der Waals surface area contributed by atoms with E-state index in [0.29, 0.717) is 12.3 Å². The van der Waals surface area contributed by atoms with Gasteiger partial charge in [-0.25, -0.2) is 4.98 Å². The van der Waals surface area contributed by atoms with E-state index in [9.17, 15) is 4.79 Å². The van der Waals surface area contributed by atoms with Gasteiger partial charge in [-0.05, 0) is 25.7 Å². The molecule has 1 aliphatic rings. The van der Waals surface area contributed by atoms with Crippen molar-refractivity contribution in [2.24, 2.45) is 7.05 Å². The average molecular weight is 236 g/mol. The lowest BCUT2D eigenvalue weighted by Crippen LogP contribution is -2.10. The molecule has 94 valence electrons. The first-order valence-corrected chi connectivity index (χ1v) is 6.38. The average Bonchev–Trinajstić information content (AvgIpc) is 2.83. The van der Waals surface area contributed by atoms with Crippen molar-refractivity contribution >= 4 is 5.97 Å². The third kappa shape index (κ3) is 1.85. The lowest BCUT2D eigenvalue weighted by Gasteiger charge is -2.13. The molecule has 1 aromatic rings. The van der Waals surface area contributed by atoms with Gasteiger partial charge >= 0.3 is 5.97 Å². The largest absolute Gasteiger partial charge is 0.481 e. The molecule has 4 heteroatoms. The molecule has 2 rings (SSSR count). The van der Waals surface area contributed by atoms with Crippen LogP contribution in [0.4, 0.5) is 0 Å². The Morgan fingerprint density at radius 2 is 2.18 bits per heavy atom. The Kier molecular flexibility index (Phi) is 3.22. The molecule has 0 fully saturated rings. The summed E-state index contributed by atoms with van der Waals surface area (Å²) >= 11 is 0. The highest BCUT2D eigenvalue weighted by Crippen LogP contribution is 2.35. The number of carbonyl (C=O) groups is 1. The monoisotopic (exact) mass is 236 g/mol. The minimum atomic E-state index is -0.738. The van der Waals surface area contributed by atoms with Crippen molar-refractivity contribution in [1.29, 1.82) is 0 Å². The van der Waals surface area contributed by atoms with E-state index in [4.69, 9.17) is 5.11 Å². The minimum Gasteiger partial charge on any atom is -0.481 e. The Labute approximate surface area is 102 Å². The van der Waals surface area contributed by atoms with Gasteiger partial charge in [-0.1, -0.05) is 13.8 Å². The van der Waals surface area contributed by atoms with E-state index in [-0.39, 0.29) is 5.92 Å². The van der Waals surface area contributed by atoms with Crippen LogP contribution in [0.1, 0.15) is 62.2 Å². The standard InChI is InChI=1S/C13H20N2O2/c1-4-8(5-2)12-14-11-9(13(16)17)6-7-10(11)15(12)3/h8-9H,4-7H2,1-3H3,(H,16,17). The van der Waals surface area contributed by atoms with Crippen LogP contribution in [0.25, 0.3) is 0 Å². The Balaban J connectivity index is 2.40. The van der Waals surface area contributed by atoms with Crippen molar-refractivity contribution in [3.63, 3.8) is 0 Å². The smallest absolute Gasteiger partial charge is 0.312 e. The van der Waals surface area contributed by atoms with Gasteiger partial charge in [0.05, 0.1) is 5.69 Å². The van der Waals surface area contributed by atoms with Crippen LogP contribution < -0.4 is 0 Å². The molecule has 0 radical (unpaired) electrons. The van der Waals surface area contributed by atoms with Crippen molar-refractivity contribution in [2.45, 2.75) is 51.4 Å². The first-order chi connectivity index (χ1) is 8.10. The number of aliphatic carboxylic acids is 1. The van der Waals surface area contributed by atoms with Crippen molar-refractivity contribution < 1.29 is 9.90 Å². The second-order valence-corrected chi connectivity index (χ2v) is 4.80. The number of nitrogens with zero attached hydrogens (tertiary/aromatic N) is 2. The zero-order valence-corrected chi connectivity index (χ0v) is 10.7. The second kappa shape index (κ2) is 4.51. The SMILES string of the molecule is CCC(CC)c1nc2c(n1C)CCC2C(=O)O. The third-order valence-corrected chi connectivity index (χ3v) is 3.93. The first kappa shape index (κ1) is 12.1. The highest BCUT2D eigenvalue weighted by atomic mass is 16.4. The molecular formula is C13H20N2O2. The van der Waals surface area contributed by atoms with Crippen LogP contribution in [0.15, 0.2) is 0 Å². The molecule has 0 amide bonds. The highest BCUT2D eigenvalue weighted by Gasteiger charge is 2.34. The number of hydrogen-bond acceptors (Lipinski definition) is 2. The second-order valence-electron chi connectivity index (χ2n) is 4.80. The Hall–Kier alpha value is -1.32. The Morgan fingerprint density at radius 3 is 2.71 bits per heavy atom. The summed E-state index contributed by atoms with van der Waals surface area (Å²) < 4.78 is 2.12. The zero-order chi connectivity index (χ0) is 12.6. The van der Waals surface area contributed by atoms with Gasteiger partial charge < -0.3 is 9.67 Å². The summed E-state index contributed by atoms with van der Waals surface area (Å²) in [6.07, 6.45) is 3.65. The lowest BCUT2D eigenvalue weighted by molar-refractivity contribution is -0.138. The molecular weight excluding hydrogens is 216 g/mol. The number of hydrogen-bond donors (Lipinski definition) is 1. The minimum absolute atomic E-state index is 0.390. The van der Waals surface area contributed by atoms with E-state index in [1.165, 1.54) is 0 Å². The summed E-state index contributed by atoms with van der Waals surface area (Å²) in [4.78, 5) is 15.8. The maximum atomic E-state index is 11.1. The van der Waals surface area contributed by atoms with E-state index in [1.54, 1.807) is 0 Å². The molecule has 0 saturated heterocycles. The molecule has 4 nitrogen and oxygen atoms in total. The summed E-state index contributed by atoms with van der Waals surface area (Å²) in [6.45, 7) is 4.31. The molecule has 1 aliphatic carbocycles. The van der Waals surface area contributed by atoms with Crippen LogP contribution in [0, 0.1) is 0 Å². The van der Waals surface area contributed by atoms with E-state index in [0.717, 1.165) is 36.5 Å². The van der Waals surface area contributed by atoms with Gasteiger partial charge in [0.15, 0.2) is 0 Å². The first-order valence-electron chi connectivity index (χ1n) is 6.38. The maximum absolute atomic E-state index is 11.1. The van der Waals surface area contributed by atoms with Crippen LogP contribution in [0.5, 0.6) is 0 Å². The van der Waals surface area contributed by atoms with Gasteiger partial charge in [-0.15, -0.1) is 0 Å². The summed E-state index contributed by atoms with van der Waals surface area (Å²) in [6, 6.07) is 0. The fourth-order valence-electron chi connectivity index (χ4n) is 2.83. The van der Waals surface area contributed by atoms with Crippen LogP contribution >= 0.6 is 0 Å².